The molecular weight excluding hydrogens is 296 g/mol. The van der Waals surface area contributed by atoms with Crippen LogP contribution in [0.15, 0.2) is 35.6 Å². The lowest BCUT2D eigenvalue weighted by molar-refractivity contribution is -0.153. The molecule has 23 heavy (non-hydrogen) atoms. The van der Waals surface area contributed by atoms with Gasteiger partial charge in [-0.15, -0.1) is 0 Å². The van der Waals surface area contributed by atoms with Crippen molar-refractivity contribution in [3.8, 4) is 5.75 Å². The Balaban J connectivity index is 1.99. The first-order valence-electron chi connectivity index (χ1n) is 7.89. The summed E-state index contributed by atoms with van der Waals surface area (Å²) in [6, 6.07) is 7.39. The number of ketones is 1. The van der Waals surface area contributed by atoms with Crippen molar-refractivity contribution in [3.63, 3.8) is 0 Å². The highest BCUT2D eigenvalue weighted by Crippen LogP contribution is 2.44. The standard InChI is InChI=1S/C18H20O5/c1-3-22-18(20)17-15(11-7-9-12(21-2)10-8-11)16-13(19)5-4-6-14(16)23-17/h7-10,15,17H,3-6H2,1-2H3/t15-,17-/m0/s1. The zero-order valence-corrected chi connectivity index (χ0v) is 13.3. The van der Waals surface area contributed by atoms with Gasteiger partial charge < -0.3 is 14.2 Å². The van der Waals surface area contributed by atoms with Gasteiger partial charge in [0, 0.05) is 18.4 Å². The Hall–Kier alpha value is -2.30. The summed E-state index contributed by atoms with van der Waals surface area (Å²) in [5, 5.41) is 0. The van der Waals surface area contributed by atoms with Crippen molar-refractivity contribution in [2.24, 2.45) is 0 Å². The molecule has 1 heterocycles. The van der Waals surface area contributed by atoms with Crippen LogP contribution in [0.4, 0.5) is 0 Å². The van der Waals surface area contributed by atoms with Crippen LogP contribution in [0, 0.1) is 0 Å². The van der Waals surface area contributed by atoms with Crippen molar-refractivity contribution in [2.75, 3.05) is 13.7 Å². The van der Waals surface area contributed by atoms with Gasteiger partial charge in [-0.1, -0.05) is 12.1 Å². The van der Waals surface area contributed by atoms with Gasteiger partial charge in [0.15, 0.2) is 5.78 Å². The van der Waals surface area contributed by atoms with E-state index in [0.29, 0.717) is 24.2 Å². The average Bonchev–Trinajstić information content (AvgIpc) is 2.96. The maximum absolute atomic E-state index is 12.4. The second-order valence-corrected chi connectivity index (χ2v) is 5.65. The van der Waals surface area contributed by atoms with Crippen molar-refractivity contribution in [1.82, 2.24) is 0 Å². The number of Topliss-reactive ketones (excluding diaryl/α,β-unsaturated/α-hetero) is 1. The van der Waals surface area contributed by atoms with Gasteiger partial charge in [-0.3, -0.25) is 4.79 Å². The number of carbonyl (C=O) groups is 2. The number of rotatable bonds is 4. The summed E-state index contributed by atoms with van der Waals surface area (Å²) in [7, 11) is 1.60. The molecule has 0 fully saturated rings. The van der Waals surface area contributed by atoms with Gasteiger partial charge in [0.25, 0.3) is 0 Å². The molecule has 3 rings (SSSR count). The van der Waals surface area contributed by atoms with Gasteiger partial charge >= 0.3 is 5.97 Å². The van der Waals surface area contributed by atoms with E-state index in [9.17, 15) is 9.59 Å². The van der Waals surface area contributed by atoms with E-state index in [1.807, 2.05) is 24.3 Å². The highest BCUT2D eigenvalue weighted by molar-refractivity contribution is 6.00. The molecule has 2 atom stereocenters. The van der Waals surface area contributed by atoms with Gasteiger partial charge in [-0.25, -0.2) is 4.79 Å². The molecule has 0 bridgehead atoms. The number of ether oxygens (including phenoxy) is 3. The smallest absolute Gasteiger partial charge is 0.348 e. The molecule has 0 radical (unpaired) electrons. The number of hydrogen-bond donors (Lipinski definition) is 0. The molecule has 0 unspecified atom stereocenters. The molecular formula is C18H20O5. The van der Waals surface area contributed by atoms with E-state index in [2.05, 4.69) is 0 Å². The van der Waals surface area contributed by atoms with Gasteiger partial charge in [0.2, 0.25) is 6.10 Å². The summed E-state index contributed by atoms with van der Waals surface area (Å²) in [6.45, 7) is 2.04. The highest BCUT2D eigenvalue weighted by Gasteiger charge is 2.46. The molecule has 0 N–H and O–H groups in total. The number of allylic oxidation sites excluding steroid dienone is 1. The Labute approximate surface area is 135 Å². The number of hydrogen-bond acceptors (Lipinski definition) is 5. The van der Waals surface area contributed by atoms with Crippen LogP contribution in [0.1, 0.15) is 37.7 Å². The number of methoxy groups -OCH3 is 1. The first-order chi connectivity index (χ1) is 11.2. The molecule has 2 aliphatic rings. The first-order valence-corrected chi connectivity index (χ1v) is 7.89. The Kier molecular flexibility index (Phi) is 4.37. The van der Waals surface area contributed by atoms with E-state index in [0.717, 1.165) is 17.7 Å². The number of benzene rings is 1. The fraction of sp³-hybridized carbons (Fsp3) is 0.444. The monoisotopic (exact) mass is 316 g/mol. The second-order valence-electron chi connectivity index (χ2n) is 5.65. The average molecular weight is 316 g/mol. The van der Waals surface area contributed by atoms with Crippen LogP contribution in [-0.2, 0) is 19.1 Å². The Morgan fingerprint density at radius 2 is 2.00 bits per heavy atom. The molecule has 5 nitrogen and oxygen atoms in total. The predicted molar refractivity (Wildman–Crippen MR) is 83.1 cm³/mol. The molecule has 5 heteroatoms. The summed E-state index contributed by atoms with van der Waals surface area (Å²) in [5.41, 5.74) is 1.50. The van der Waals surface area contributed by atoms with Crippen molar-refractivity contribution in [2.45, 2.75) is 38.2 Å². The predicted octanol–water partition coefficient (Wildman–Crippen LogP) is 2.75. The van der Waals surface area contributed by atoms with Crippen LogP contribution < -0.4 is 4.74 Å². The largest absolute Gasteiger partial charge is 0.497 e. The Morgan fingerprint density at radius 3 is 2.65 bits per heavy atom. The lowest BCUT2D eigenvalue weighted by atomic mass is 9.82. The van der Waals surface area contributed by atoms with E-state index in [1.54, 1.807) is 14.0 Å². The van der Waals surface area contributed by atoms with E-state index < -0.39 is 18.0 Å². The summed E-state index contributed by atoms with van der Waals surface area (Å²) < 4.78 is 16.1. The van der Waals surface area contributed by atoms with Crippen molar-refractivity contribution in [3.05, 3.63) is 41.2 Å². The van der Waals surface area contributed by atoms with Crippen molar-refractivity contribution < 1.29 is 23.8 Å². The zero-order chi connectivity index (χ0) is 16.4. The second kappa shape index (κ2) is 6.44. The van der Waals surface area contributed by atoms with Crippen LogP contribution in [0.2, 0.25) is 0 Å². The molecule has 1 aromatic carbocycles. The van der Waals surface area contributed by atoms with Crippen molar-refractivity contribution >= 4 is 11.8 Å². The molecule has 122 valence electrons. The molecule has 1 aliphatic carbocycles. The first kappa shape index (κ1) is 15.6. The summed E-state index contributed by atoms with van der Waals surface area (Å²) in [4.78, 5) is 24.7. The molecule has 1 aromatic rings. The summed E-state index contributed by atoms with van der Waals surface area (Å²) in [5.74, 6) is 0.627. The highest BCUT2D eigenvalue weighted by atomic mass is 16.6. The molecule has 0 saturated heterocycles. The molecule has 0 amide bonds. The third kappa shape index (κ3) is 2.83. The lowest BCUT2D eigenvalue weighted by Crippen LogP contribution is -2.30. The van der Waals surface area contributed by atoms with Crippen molar-refractivity contribution in [1.29, 1.82) is 0 Å². The SMILES string of the molecule is CCOC(=O)[C@H]1OC2=C(C(=O)CCC2)[C@@H]1c1ccc(OC)cc1. The molecule has 0 spiro atoms. The maximum atomic E-state index is 12.4. The van der Waals surface area contributed by atoms with E-state index in [-0.39, 0.29) is 12.4 Å². The van der Waals surface area contributed by atoms with Gasteiger partial charge in [-0.05, 0) is 31.0 Å². The van der Waals surface area contributed by atoms with Crippen LogP contribution >= 0.6 is 0 Å². The maximum Gasteiger partial charge on any atom is 0.348 e. The third-order valence-corrected chi connectivity index (χ3v) is 4.29. The lowest BCUT2D eigenvalue weighted by Gasteiger charge is -2.20. The van der Waals surface area contributed by atoms with Crippen LogP contribution in [0.5, 0.6) is 5.75 Å². The minimum Gasteiger partial charge on any atom is -0.497 e. The van der Waals surface area contributed by atoms with Gasteiger partial charge in [0.05, 0.1) is 19.6 Å². The van der Waals surface area contributed by atoms with Crippen LogP contribution in [0.25, 0.3) is 0 Å². The minimum absolute atomic E-state index is 0.0684. The van der Waals surface area contributed by atoms with E-state index in [4.69, 9.17) is 14.2 Å². The third-order valence-electron chi connectivity index (χ3n) is 4.29. The quantitative estimate of drug-likeness (QED) is 0.799. The Morgan fingerprint density at radius 1 is 1.26 bits per heavy atom. The van der Waals surface area contributed by atoms with Gasteiger partial charge in [0.1, 0.15) is 11.5 Å². The zero-order valence-electron chi connectivity index (χ0n) is 13.3. The van der Waals surface area contributed by atoms with Crippen LogP contribution in [-0.4, -0.2) is 31.6 Å². The molecule has 0 saturated carbocycles. The fourth-order valence-electron chi connectivity index (χ4n) is 3.24. The molecule has 0 aromatic heterocycles. The van der Waals surface area contributed by atoms with E-state index >= 15 is 0 Å². The normalized spacial score (nSPS) is 23.3. The van der Waals surface area contributed by atoms with Gasteiger partial charge in [-0.2, -0.15) is 0 Å². The number of carbonyl (C=O) groups excluding carboxylic acids is 2. The van der Waals surface area contributed by atoms with E-state index in [1.165, 1.54) is 0 Å². The van der Waals surface area contributed by atoms with Crippen LogP contribution in [0.3, 0.4) is 0 Å². The summed E-state index contributed by atoms with van der Waals surface area (Å²) in [6.07, 6.45) is 1.19. The number of esters is 1. The fourth-order valence-corrected chi connectivity index (χ4v) is 3.24. The topological polar surface area (TPSA) is 61.8 Å². The molecule has 1 aliphatic heterocycles. The Bertz CT molecular complexity index is 644. The minimum atomic E-state index is -0.782. The summed E-state index contributed by atoms with van der Waals surface area (Å²) >= 11 is 0.